The Kier molecular flexibility index (Phi) is 1.93. The lowest BCUT2D eigenvalue weighted by Gasteiger charge is -2.00. The summed E-state index contributed by atoms with van der Waals surface area (Å²) in [6, 6.07) is 4.76. The van der Waals surface area contributed by atoms with Crippen LogP contribution < -0.4 is 11.2 Å². The lowest BCUT2D eigenvalue weighted by atomic mass is 10.2. The number of rotatable bonds is 0. The van der Waals surface area contributed by atoms with Gasteiger partial charge in [-0.15, -0.1) is 0 Å². The molecule has 5 heteroatoms. The van der Waals surface area contributed by atoms with Crippen molar-refractivity contribution in [2.75, 3.05) is 0 Å². The molecule has 0 spiro atoms. The minimum absolute atomic E-state index is 0.319. The molecule has 0 bridgehead atoms. The van der Waals surface area contributed by atoms with Crippen molar-refractivity contribution in [2.45, 2.75) is 0 Å². The number of nitrogens with zero attached hydrogens (tertiary/aromatic N) is 1. The van der Waals surface area contributed by atoms with E-state index in [-0.39, 0.29) is 5.56 Å². The third kappa shape index (κ3) is 1.24. The van der Waals surface area contributed by atoms with Crippen LogP contribution in [0.2, 0.25) is 5.02 Å². The molecule has 0 radical (unpaired) electrons. The summed E-state index contributed by atoms with van der Waals surface area (Å²) in [5, 5.41) is 0.943. The Balaban J connectivity index is 3.06. The first kappa shape index (κ1) is 9.02. The Morgan fingerprint density at radius 1 is 1.36 bits per heavy atom. The highest BCUT2D eigenvalue weighted by Crippen LogP contribution is 2.12. The summed E-state index contributed by atoms with van der Waals surface area (Å²) < 4.78 is 1.02. The van der Waals surface area contributed by atoms with E-state index in [0.717, 1.165) is 4.57 Å². The zero-order valence-corrected chi connectivity index (χ0v) is 8.13. The van der Waals surface area contributed by atoms with E-state index in [0.29, 0.717) is 15.9 Å². The van der Waals surface area contributed by atoms with Gasteiger partial charge in [-0.3, -0.25) is 9.36 Å². The van der Waals surface area contributed by atoms with Crippen molar-refractivity contribution in [2.24, 2.45) is 7.05 Å². The summed E-state index contributed by atoms with van der Waals surface area (Å²) in [6.07, 6.45) is 0. The number of benzene rings is 1. The van der Waals surface area contributed by atoms with Gasteiger partial charge in [-0.05, 0) is 18.2 Å². The third-order valence-electron chi connectivity index (χ3n) is 2.06. The van der Waals surface area contributed by atoms with Gasteiger partial charge in [-0.1, -0.05) is 11.6 Å². The van der Waals surface area contributed by atoms with Crippen molar-refractivity contribution in [3.05, 3.63) is 44.1 Å². The summed E-state index contributed by atoms with van der Waals surface area (Å²) in [6.45, 7) is 0. The molecular weight excluding hydrogens is 204 g/mol. The Bertz CT molecular complexity index is 612. The van der Waals surface area contributed by atoms with Crippen LogP contribution in [0.1, 0.15) is 0 Å². The zero-order chi connectivity index (χ0) is 10.3. The molecule has 0 amide bonds. The Morgan fingerprint density at radius 2 is 2.07 bits per heavy atom. The van der Waals surface area contributed by atoms with Gasteiger partial charge in [0.25, 0.3) is 5.56 Å². The number of hydrogen-bond acceptors (Lipinski definition) is 2. The van der Waals surface area contributed by atoms with Crippen LogP contribution in [-0.4, -0.2) is 9.55 Å². The van der Waals surface area contributed by atoms with Crippen LogP contribution in [0.3, 0.4) is 0 Å². The van der Waals surface area contributed by atoms with Crippen LogP contribution in [0.15, 0.2) is 27.8 Å². The highest BCUT2D eigenvalue weighted by atomic mass is 35.5. The van der Waals surface area contributed by atoms with Gasteiger partial charge < -0.3 is 4.98 Å². The van der Waals surface area contributed by atoms with Crippen molar-refractivity contribution >= 4 is 22.5 Å². The fourth-order valence-corrected chi connectivity index (χ4v) is 1.45. The van der Waals surface area contributed by atoms with Gasteiger partial charge in [0.05, 0.1) is 10.9 Å². The monoisotopic (exact) mass is 210 g/mol. The lowest BCUT2D eigenvalue weighted by molar-refractivity contribution is 0.794. The first-order valence-corrected chi connectivity index (χ1v) is 4.36. The number of hydrogen-bond donors (Lipinski definition) is 1. The minimum Gasteiger partial charge on any atom is -0.307 e. The first-order valence-electron chi connectivity index (χ1n) is 3.98. The fraction of sp³-hybridized carbons (Fsp3) is 0.111. The molecule has 0 aliphatic carbocycles. The Morgan fingerprint density at radius 3 is 2.79 bits per heavy atom. The van der Waals surface area contributed by atoms with Crippen molar-refractivity contribution in [1.82, 2.24) is 9.55 Å². The smallest absolute Gasteiger partial charge is 0.307 e. The van der Waals surface area contributed by atoms with Gasteiger partial charge in [0, 0.05) is 12.1 Å². The predicted molar refractivity (Wildman–Crippen MR) is 54.8 cm³/mol. The van der Waals surface area contributed by atoms with Crippen molar-refractivity contribution in [1.29, 1.82) is 0 Å². The molecule has 0 atom stereocenters. The van der Waals surface area contributed by atoms with Crippen LogP contribution in [0.4, 0.5) is 0 Å². The number of fused-ring (bicyclic) bond motifs is 1. The molecule has 4 nitrogen and oxygen atoms in total. The lowest BCUT2D eigenvalue weighted by Crippen LogP contribution is -2.32. The highest BCUT2D eigenvalue weighted by molar-refractivity contribution is 6.31. The second-order valence-corrected chi connectivity index (χ2v) is 3.42. The number of aromatic nitrogens is 2. The van der Waals surface area contributed by atoms with E-state index in [4.69, 9.17) is 11.6 Å². The molecule has 0 aliphatic rings. The van der Waals surface area contributed by atoms with Gasteiger partial charge in [-0.25, -0.2) is 4.79 Å². The Hall–Kier alpha value is -1.55. The van der Waals surface area contributed by atoms with Gasteiger partial charge >= 0.3 is 5.69 Å². The van der Waals surface area contributed by atoms with Crippen LogP contribution >= 0.6 is 11.6 Å². The van der Waals surface area contributed by atoms with Gasteiger partial charge in [-0.2, -0.15) is 0 Å². The molecule has 1 heterocycles. The summed E-state index contributed by atoms with van der Waals surface area (Å²) >= 11 is 5.73. The fourth-order valence-electron chi connectivity index (χ4n) is 1.28. The largest absolute Gasteiger partial charge is 0.328 e. The van der Waals surface area contributed by atoms with Crippen LogP contribution in [0.5, 0.6) is 0 Å². The molecular formula is C9H7ClN2O2. The minimum atomic E-state index is -0.440. The molecule has 1 aromatic carbocycles. The van der Waals surface area contributed by atoms with E-state index in [2.05, 4.69) is 4.98 Å². The number of nitrogens with one attached hydrogen (secondary N) is 1. The molecule has 14 heavy (non-hydrogen) atoms. The topological polar surface area (TPSA) is 54.9 Å². The summed E-state index contributed by atoms with van der Waals surface area (Å²) in [4.78, 5) is 25.4. The SMILES string of the molecule is Cn1c(=O)[nH]c2cc(Cl)ccc2c1=O. The van der Waals surface area contributed by atoms with Gasteiger partial charge in [0.2, 0.25) is 0 Å². The standard InChI is InChI=1S/C9H7ClN2O2/c1-12-8(13)6-3-2-5(10)4-7(6)11-9(12)14/h2-4H,1H3,(H,11,14). The summed E-state index contributed by atoms with van der Waals surface area (Å²) in [7, 11) is 1.43. The molecule has 0 saturated carbocycles. The van der Waals surface area contributed by atoms with E-state index in [1.807, 2.05) is 0 Å². The van der Waals surface area contributed by atoms with E-state index in [1.54, 1.807) is 18.2 Å². The Labute approximate surface area is 83.8 Å². The normalized spacial score (nSPS) is 10.7. The van der Waals surface area contributed by atoms with Crippen LogP contribution in [0.25, 0.3) is 10.9 Å². The average molecular weight is 211 g/mol. The average Bonchev–Trinajstić information content (AvgIpc) is 2.14. The highest BCUT2D eigenvalue weighted by Gasteiger charge is 2.03. The number of halogens is 1. The van der Waals surface area contributed by atoms with Gasteiger partial charge in [0.15, 0.2) is 0 Å². The molecule has 1 N–H and O–H groups in total. The van der Waals surface area contributed by atoms with Crippen LogP contribution in [-0.2, 0) is 7.05 Å². The first-order chi connectivity index (χ1) is 6.59. The molecule has 72 valence electrons. The third-order valence-corrected chi connectivity index (χ3v) is 2.30. The molecule has 0 saturated heterocycles. The summed E-state index contributed by atoms with van der Waals surface area (Å²) in [5.41, 5.74) is -0.296. The second-order valence-electron chi connectivity index (χ2n) is 2.98. The van der Waals surface area contributed by atoms with Gasteiger partial charge in [0.1, 0.15) is 0 Å². The quantitative estimate of drug-likeness (QED) is 0.702. The van der Waals surface area contributed by atoms with E-state index < -0.39 is 5.69 Å². The molecule has 1 aromatic heterocycles. The zero-order valence-electron chi connectivity index (χ0n) is 7.37. The molecule has 0 aliphatic heterocycles. The van der Waals surface area contributed by atoms with E-state index in [1.165, 1.54) is 7.05 Å². The maximum atomic E-state index is 11.6. The summed E-state index contributed by atoms with van der Waals surface area (Å²) in [5.74, 6) is 0. The molecule has 2 rings (SSSR count). The van der Waals surface area contributed by atoms with Crippen molar-refractivity contribution in [3.63, 3.8) is 0 Å². The molecule has 2 aromatic rings. The van der Waals surface area contributed by atoms with Crippen LogP contribution in [0, 0.1) is 0 Å². The maximum absolute atomic E-state index is 11.6. The van der Waals surface area contributed by atoms with Crippen molar-refractivity contribution in [3.8, 4) is 0 Å². The predicted octanol–water partition coefficient (Wildman–Crippen LogP) is 0.880. The number of H-pyrrole nitrogens is 1. The second kappa shape index (κ2) is 2.99. The van der Waals surface area contributed by atoms with Crippen molar-refractivity contribution < 1.29 is 0 Å². The number of aromatic amines is 1. The molecule has 0 unspecified atom stereocenters. The molecule has 0 fully saturated rings. The van der Waals surface area contributed by atoms with E-state index in [9.17, 15) is 9.59 Å². The van der Waals surface area contributed by atoms with E-state index >= 15 is 0 Å². The maximum Gasteiger partial charge on any atom is 0.328 e.